The van der Waals surface area contributed by atoms with Crippen molar-refractivity contribution in [3.05, 3.63) is 133 Å². The molecular formula is C48H53F3LiN5O13S5. The molecule has 0 atom stereocenters. The van der Waals surface area contributed by atoms with Gasteiger partial charge in [-0.15, -0.1) is 0 Å². The molecule has 4 aromatic carbocycles. The number of rotatable bonds is 14. The number of carbonyl (C=O) groups excluding carboxylic acids is 1. The molecule has 27 heteroatoms. The third-order valence-corrected chi connectivity index (χ3v) is 19.8. The largest absolute Gasteiger partial charge is 1.00 e. The van der Waals surface area contributed by atoms with Crippen molar-refractivity contribution >= 4 is 84.1 Å². The molecule has 2 aliphatic heterocycles. The number of anilines is 2. The quantitative estimate of drug-likeness (QED) is 0.0859. The van der Waals surface area contributed by atoms with Crippen LogP contribution >= 0.6 is 0 Å². The zero-order valence-electron chi connectivity index (χ0n) is 42.2. The van der Waals surface area contributed by atoms with Gasteiger partial charge in [0, 0.05) is 69.8 Å². The van der Waals surface area contributed by atoms with E-state index in [1.165, 1.54) is 37.2 Å². The van der Waals surface area contributed by atoms with Crippen molar-refractivity contribution < 1.29 is 93.1 Å². The van der Waals surface area contributed by atoms with Crippen molar-refractivity contribution in [2.45, 2.75) is 94.0 Å². The fourth-order valence-corrected chi connectivity index (χ4v) is 13.9. The van der Waals surface area contributed by atoms with Crippen LogP contribution in [0.5, 0.6) is 0 Å². The van der Waals surface area contributed by atoms with E-state index in [1.807, 2.05) is 26.8 Å². The Labute approximate surface area is 447 Å². The van der Waals surface area contributed by atoms with Crippen molar-refractivity contribution in [3.63, 3.8) is 0 Å². The average Bonchev–Trinajstić information content (AvgIpc) is 3.29. The molecule has 0 bridgehead atoms. The number of piperidine rings is 1. The van der Waals surface area contributed by atoms with Crippen LogP contribution in [0.1, 0.15) is 62.3 Å². The molecule has 1 saturated heterocycles. The SMILES string of the molecule is CCC(C)(C)C(=O)OC1CCN(S(=O)(=O)c2ccccc2)CC1.Cc1ccc(S(=O)(=O)[N-]S(C)(=O)=O)c(C)c1Nc1ccc2cc3ccc(=[NH+]c4c(C)cc(S(=O)(=O)[N-]S(=O)(=O)C(F)(F)F)cc4C)cc-3oc2c1.[Li+]. The number of benzene rings is 5. The smallest absolute Gasteiger partial charge is 0.462 e. The van der Waals surface area contributed by atoms with E-state index in [0.29, 0.717) is 82.8 Å². The summed E-state index contributed by atoms with van der Waals surface area (Å²) in [5, 5.41) is 4.40. The standard InChI is InChI=1S/C31H27F3N4O9S4.C17H25NO4S.Li/c1-17-6-11-28(50(43,44)37-48(5,39)40)20(4)30(17)36-24-10-8-22-14-21-7-9-23(15-26(21)47-27(22)16-24)35-29-18(2)12-25(13-19(29)3)49(41,42)38-51(45,46)31(32,33)34;1-4-17(2,3)16(19)22-14-10-12-18(13-11-14)23(20,21)15-8-6-5-7-9-15;/h6-16,36H,1-5H3;5-9,14H,4,10-13H2,1-3H3;/q-2;;+1/p+1. The predicted molar refractivity (Wildman–Crippen MR) is 271 cm³/mol. The summed E-state index contributed by atoms with van der Waals surface area (Å²) in [6.45, 7) is 12.7. The zero-order chi connectivity index (χ0) is 55.0. The van der Waals surface area contributed by atoms with Gasteiger partial charge in [-0.3, -0.25) is 4.79 Å². The van der Waals surface area contributed by atoms with Gasteiger partial charge in [0.05, 0.1) is 31.3 Å². The first kappa shape index (κ1) is 60.7. The molecule has 0 saturated carbocycles. The minimum absolute atomic E-state index is 0. The minimum Gasteiger partial charge on any atom is -0.462 e. The fraction of sp³-hybridized carbons (Fsp3) is 0.333. The van der Waals surface area contributed by atoms with E-state index in [0.717, 1.165) is 23.1 Å². The molecule has 0 spiro atoms. The number of ether oxygens (including phenoxy) is 1. The van der Waals surface area contributed by atoms with Gasteiger partial charge in [0.15, 0.2) is 10.0 Å². The summed E-state index contributed by atoms with van der Waals surface area (Å²) in [4.78, 5) is 14.5. The van der Waals surface area contributed by atoms with Crippen LogP contribution in [0.4, 0.5) is 30.2 Å². The Hall–Kier alpha value is -5.14. The Morgan fingerprint density at radius 3 is 1.95 bits per heavy atom. The second kappa shape index (κ2) is 22.8. The summed E-state index contributed by atoms with van der Waals surface area (Å²) >= 11 is 0. The molecule has 1 aliphatic carbocycles. The van der Waals surface area contributed by atoms with E-state index in [-0.39, 0.29) is 52.5 Å². The van der Waals surface area contributed by atoms with Gasteiger partial charge in [0.25, 0.3) is 0 Å². The van der Waals surface area contributed by atoms with Gasteiger partial charge in [-0.1, -0.05) is 31.2 Å². The Bertz CT molecular complexity index is 3730. The Kier molecular flexibility index (Phi) is 18.5. The van der Waals surface area contributed by atoms with Crippen LogP contribution in [0, 0.1) is 33.1 Å². The van der Waals surface area contributed by atoms with Gasteiger partial charge in [-0.25, -0.2) is 47.1 Å². The monoisotopic (exact) mass is 1130 g/mol. The van der Waals surface area contributed by atoms with E-state index in [4.69, 9.17) is 9.15 Å². The number of hydrogen-bond acceptors (Lipinski definition) is 14. The summed E-state index contributed by atoms with van der Waals surface area (Å²) in [5.41, 5.74) is -2.40. The number of halogens is 3. The summed E-state index contributed by atoms with van der Waals surface area (Å²) < 4.78 is 178. The molecule has 0 aromatic heterocycles. The summed E-state index contributed by atoms with van der Waals surface area (Å²) in [5.74, 6) is 0.225. The van der Waals surface area contributed by atoms with Gasteiger partial charge in [0.2, 0.25) is 21.1 Å². The second-order valence-electron chi connectivity index (χ2n) is 18.1. The Morgan fingerprint density at radius 2 is 1.37 bits per heavy atom. The van der Waals surface area contributed by atoms with Gasteiger partial charge in [-0.2, -0.15) is 17.5 Å². The maximum Gasteiger partial charge on any atom is 1.00 e. The minimum atomic E-state index is -6.30. The summed E-state index contributed by atoms with van der Waals surface area (Å²) in [6.07, 6.45) is 2.28. The van der Waals surface area contributed by atoms with Crippen molar-refractivity contribution in [2.24, 2.45) is 5.41 Å². The molecule has 1 fully saturated rings. The van der Waals surface area contributed by atoms with E-state index < -0.39 is 65.9 Å². The zero-order valence-corrected chi connectivity index (χ0v) is 46.3. The van der Waals surface area contributed by atoms with Crippen molar-refractivity contribution in [3.8, 4) is 11.3 Å². The summed E-state index contributed by atoms with van der Waals surface area (Å²) in [6, 6.07) is 25.5. The number of aryl methyl sites for hydroxylation is 3. The first-order valence-corrected chi connectivity index (χ1v) is 30.1. The van der Waals surface area contributed by atoms with E-state index in [1.54, 1.807) is 73.7 Å². The number of fused-ring (bicyclic) bond motifs is 2. The van der Waals surface area contributed by atoms with Crippen LogP contribution < -0.4 is 34.5 Å². The number of nitrogens with one attached hydrogen (secondary N) is 2. The molecule has 3 aliphatic rings. The van der Waals surface area contributed by atoms with Crippen LogP contribution in [0.15, 0.2) is 116 Å². The van der Waals surface area contributed by atoms with Gasteiger partial charge >= 0.3 is 30.3 Å². The van der Waals surface area contributed by atoms with Crippen LogP contribution in [-0.2, 0) is 59.6 Å². The number of esters is 1. The normalized spacial score (nSPS) is 14.7. The maximum absolute atomic E-state index is 12.8. The van der Waals surface area contributed by atoms with Crippen molar-refractivity contribution in [1.82, 2.24) is 4.31 Å². The fourth-order valence-electron chi connectivity index (χ4n) is 7.60. The van der Waals surface area contributed by atoms with Gasteiger partial charge in [0.1, 0.15) is 37.5 Å². The molecule has 7 rings (SSSR count). The first-order chi connectivity index (χ1) is 34.1. The third kappa shape index (κ3) is 14.5. The van der Waals surface area contributed by atoms with Gasteiger partial charge < -0.3 is 22.7 Å². The molecule has 0 unspecified atom stereocenters. The molecule has 0 amide bonds. The topological polar surface area (TPSA) is 268 Å². The molecule has 2 heterocycles. The molecule has 18 nitrogen and oxygen atoms in total. The van der Waals surface area contributed by atoms with Crippen LogP contribution in [0.2, 0.25) is 0 Å². The predicted octanol–water partition coefficient (Wildman–Crippen LogP) is 4.58. The molecule has 400 valence electrons. The second-order valence-corrected chi connectivity index (χ2v) is 26.9. The molecular weight excluding hydrogens is 1080 g/mol. The first-order valence-electron chi connectivity index (χ1n) is 22.5. The van der Waals surface area contributed by atoms with Crippen LogP contribution in [-0.4, -0.2) is 83.3 Å². The van der Waals surface area contributed by atoms with Crippen molar-refractivity contribution in [2.75, 3.05) is 24.7 Å². The van der Waals surface area contributed by atoms with E-state index in [2.05, 4.69) is 18.6 Å². The number of carbonyl (C=O) groups is 1. The number of sulfonamides is 5. The summed E-state index contributed by atoms with van der Waals surface area (Å²) in [7, 11) is -23.7. The molecule has 4 aromatic rings. The van der Waals surface area contributed by atoms with E-state index >= 15 is 0 Å². The van der Waals surface area contributed by atoms with Crippen molar-refractivity contribution in [1.29, 1.82) is 0 Å². The Balaban J connectivity index is 0.000000363. The number of hydrogen-bond donors (Lipinski definition) is 2. The average molecular weight is 1130 g/mol. The number of nitrogens with zero attached hydrogens (tertiary/aromatic N) is 3. The molecule has 0 radical (unpaired) electrons. The van der Waals surface area contributed by atoms with Gasteiger partial charge in [-0.05, 0) is 127 Å². The molecule has 75 heavy (non-hydrogen) atoms. The van der Waals surface area contributed by atoms with Crippen LogP contribution in [0.3, 0.4) is 0 Å². The van der Waals surface area contributed by atoms with Crippen LogP contribution in [0.25, 0.3) is 30.5 Å². The third-order valence-electron chi connectivity index (χ3n) is 12.0. The number of alkyl halides is 3. The Morgan fingerprint density at radius 1 is 0.760 bits per heavy atom. The van der Waals surface area contributed by atoms with E-state index in [9.17, 15) is 60.1 Å². The molecule has 2 N–H and O–H groups in total. The maximum atomic E-state index is 12.8.